The van der Waals surface area contributed by atoms with Crippen LogP contribution < -0.4 is 0 Å². The number of rotatable bonds is 5. The van der Waals surface area contributed by atoms with Crippen LogP contribution in [0.1, 0.15) is 33.6 Å². The van der Waals surface area contributed by atoms with Gasteiger partial charge in [-0.25, -0.2) is 0 Å². The van der Waals surface area contributed by atoms with Crippen molar-refractivity contribution in [1.29, 1.82) is 0 Å². The standard InChI is InChI=1S/C17H28O7/c1-9-6-10(19)7-17(2,3)11(9)4-5-23-16-15(22)14(21)13(20)12(8-18)24-16/h6,11-16,18,20-22H,4-5,7-8H2,1-3H3. The Morgan fingerprint density at radius 2 is 1.92 bits per heavy atom. The summed E-state index contributed by atoms with van der Waals surface area (Å²) < 4.78 is 10.9. The predicted molar refractivity (Wildman–Crippen MR) is 85.0 cm³/mol. The smallest absolute Gasteiger partial charge is 0.186 e. The van der Waals surface area contributed by atoms with Crippen molar-refractivity contribution >= 4 is 5.78 Å². The number of hydrogen-bond acceptors (Lipinski definition) is 7. The molecule has 7 heteroatoms. The van der Waals surface area contributed by atoms with Gasteiger partial charge >= 0.3 is 0 Å². The number of carbonyl (C=O) groups excluding carboxylic acids is 1. The number of aliphatic hydroxyl groups is 4. The number of carbonyl (C=O) groups is 1. The summed E-state index contributed by atoms with van der Waals surface area (Å²) in [6.45, 7) is 5.79. The average molecular weight is 344 g/mol. The zero-order chi connectivity index (χ0) is 18.1. The minimum Gasteiger partial charge on any atom is -0.394 e. The molecule has 1 fully saturated rings. The summed E-state index contributed by atoms with van der Waals surface area (Å²) in [6.07, 6.45) is -3.52. The first-order valence-electron chi connectivity index (χ1n) is 8.30. The Bertz CT molecular complexity index is 485. The molecule has 0 aromatic heterocycles. The SMILES string of the molecule is CC1=CC(=O)CC(C)(C)C1CCOC1OC(CO)C(O)C(O)C1O. The van der Waals surface area contributed by atoms with Crippen molar-refractivity contribution in [2.75, 3.05) is 13.2 Å². The minimum atomic E-state index is -1.44. The van der Waals surface area contributed by atoms with Gasteiger partial charge in [0, 0.05) is 6.42 Å². The van der Waals surface area contributed by atoms with Crippen LogP contribution in [0.15, 0.2) is 11.6 Å². The van der Waals surface area contributed by atoms with Crippen LogP contribution in [0, 0.1) is 11.3 Å². The molecule has 138 valence electrons. The zero-order valence-electron chi connectivity index (χ0n) is 14.4. The summed E-state index contributed by atoms with van der Waals surface area (Å²) in [7, 11) is 0. The molecule has 4 N–H and O–H groups in total. The van der Waals surface area contributed by atoms with Gasteiger partial charge in [-0.1, -0.05) is 19.4 Å². The lowest BCUT2D eigenvalue weighted by Gasteiger charge is -2.41. The van der Waals surface area contributed by atoms with Crippen LogP contribution in [-0.2, 0) is 14.3 Å². The Balaban J connectivity index is 1.93. The molecule has 0 aromatic carbocycles. The van der Waals surface area contributed by atoms with E-state index in [1.165, 1.54) is 0 Å². The highest BCUT2D eigenvalue weighted by molar-refractivity contribution is 5.91. The fraction of sp³-hybridized carbons (Fsp3) is 0.824. The molecule has 2 aliphatic rings. The summed E-state index contributed by atoms with van der Waals surface area (Å²) in [5, 5.41) is 38.6. The quantitative estimate of drug-likeness (QED) is 0.543. The Hall–Kier alpha value is -0.830. The largest absolute Gasteiger partial charge is 0.394 e. The Kier molecular flexibility index (Phi) is 6.17. The van der Waals surface area contributed by atoms with E-state index in [-0.39, 0.29) is 23.7 Å². The van der Waals surface area contributed by atoms with Gasteiger partial charge < -0.3 is 29.9 Å². The van der Waals surface area contributed by atoms with Gasteiger partial charge in [0.25, 0.3) is 0 Å². The number of aliphatic hydroxyl groups excluding tert-OH is 4. The molecular formula is C17H28O7. The number of hydrogen-bond donors (Lipinski definition) is 4. The Morgan fingerprint density at radius 1 is 1.25 bits per heavy atom. The van der Waals surface area contributed by atoms with E-state index >= 15 is 0 Å². The van der Waals surface area contributed by atoms with E-state index in [0.29, 0.717) is 12.8 Å². The molecule has 0 bridgehead atoms. The van der Waals surface area contributed by atoms with E-state index in [4.69, 9.17) is 14.6 Å². The molecule has 24 heavy (non-hydrogen) atoms. The molecule has 7 nitrogen and oxygen atoms in total. The van der Waals surface area contributed by atoms with E-state index in [1.807, 2.05) is 20.8 Å². The van der Waals surface area contributed by atoms with Crippen LogP contribution in [0.25, 0.3) is 0 Å². The summed E-state index contributed by atoms with van der Waals surface area (Å²) in [6, 6.07) is 0. The van der Waals surface area contributed by atoms with Crippen LogP contribution in [0.3, 0.4) is 0 Å². The molecule has 1 saturated heterocycles. The lowest BCUT2D eigenvalue weighted by molar-refractivity contribution is -0.301. The topological polar surface area (TPSA) is 116 Å². The summed E-state index contributed by atoms with van der Waals surface area (Å²) in [4.78, 5) is 11.7. The first-order valence-corrected chi connectivity index (χ1v) is 8.30. The second-order valence-corrected chi connectivity index (χ2v) is 7.43. The van der Waals surface area contributed by atoms with Gasteiger partial charge in [0.2, 0.25) is 0 Å². The first kappa shape index (κ1) is 19.5. The highest BCUT2D eigenvalue weighted by Gasteiger charge is 2.44. The van der Waals surface area contributed by atoms with Gasteiger partial charge in [-0.05, 0) is 30.8 Å². The third-order valence-electron chi connectivity index (χ3n) is 5.05. The van der Waals surface area contributed by atoms with Gasteiger partial charge in [-0.3, -0.25) is 4.79 Å². The second-order valence-electron chi connectivity index (χ2n) is 7.43. The average Bonchev–Trinajstić information content (AvgIpc) is 2.48. The second kappa shape index (κ2) is 7.59. The molecule has 0 amide bonds. The molecule has 6 unspecified atom stereocenters. The van der Waals surface area contributed by atoms with Crippen molar-refractivity contribution in [3.63, 3.8) is 0 Å². The molecule has 1 aliphatic carbocycles. The van der Waals surface area contributed by atoms with Crippen molar-refractivity contribution in [2.24, 2.45) is 11.3 Å². The van der Waals surface area contributed by atoms with Gasteiger partial charge in [-0.2, -0.15) is 0 Å². The maximum Gasteiger partial charge on any atom is 0.186 e. The fourth-order valence-corrected chi connectivity index (χ4v) is 3.72. The van der Waals surface area contributed by atoms with Crippen molar-refractivity contribution in [2.45, 2.75) is 64.3 Å². The van der Waals surface area contributed by atoms with Gasteiger partial charge in [-0.15, -0.1) is 0 Å². The third-order valence-corrected chi connectivity index (χ3v) is 5.05. The Labute approximate surface area is 141 Å². The molecule has 0 saturated carbocycles. The van der Waals surface area contributed by atoms with Crippen LogP contribution in [0.4, 0.5) is 0 Å². The number of ketones is 1. The maximum absolute atomic E-state index is 11.7. The highest BCUT2D eigenvalue weighted by Crippen LogP contribution is 2.41. The van der Waals surface area contributed by atoms with Crippen molar-refractivity contribution in [3.8, 4) is 0 Å². The van der Waals surface area contributed by atoms with E-state index in [1.54, 1.807) is 6.08 Å². The van der Waals surface area contributed by atoms with Gasteiger partial charge in [0.15, 0.2) is 12.1 Å². The van der Waals surface area contributed by atoms with Crippen LogP contribution in [0.2, 0.25) is 0 Å². The molecule has 2 rings (SSSR count). The number of allylic oxidation sites excluding steroid dienone is 2. The Morgan fingerprint density at radius 3 is 2.50 bits per heavy atom. The normalized spacial score (nSPS) is 39.6. The minimum absolute atomic E-state index is 0.128. The lowest BCUT2D eigenvalue weighted by atomic mass is 9.67. The monoisotopic (exact) mass is 344 g/mol. The predicted octanol–water partition coefficient (Wildman–Crippen LogP) is -0.246. The highest BCUT2D eigenvalue weighted by atomic mass is 16.7. The first-order chi connectivity index (χ1) is 11.2. The molecule has 1 heterocycles. The molecule has 1 aliphatic heterocycles. The van der Waals surface area contributed by atoms with Crippen molar-refractivity contribution in [3.05, 3.63) is 11.6 Å². The molecule has 0 spiro atoms. The molecular weight excluding hydrogens is 316 g/mol. The van der Waals surface area contributed by atoms with E-state index in [9.17, 15) is 20.1 Å². The van der Waals surface area contributed by atoms with Crippen molar-refractivity contribution < 1.29 is 34.7 Å². The fourth-order valence-electron chi connectivity index (χ4n) is 3.72. The van der Waals surface area contributed by atoms with Crippen molar-refractivity contribution in [1.82, 2.24) is 0 Å². The summed E-state index contributed by atoms with van der Waals surface area (Å²) >= 11 is 0. The summed E-state index contributed by atoms with van der Waals surface area (Å²) in [5.74, 6) is 0.295. The molecule has 0 radical (unpaired) electrons. The van der Waals surface area contributed by atoms with Gasteiger partial charge in [0.05, 0.1) is 13.2 Å². The van der Waals surface area contributed by atoms with Crippen LogP contribution in [0.5, 0.6) is 0 Å². The summed E-state index contributed by atoms with van der Waals surface area (Å²) in [5.41, 5.74) is 0.836. The van der Waals surface area contributed by atoms with Crippen LogP contribution >= 0.6 is 0 Å². The van der Waals surface area contributed by atoms with Crippen LogP contribution in [-0.4, -0.2) is 70.1 Å². The van der Waals surface area contributed by atoms with E-state index in [2.05, 4.69) is 0 Å². The maximum atomic E-state index is 11.7. The third kappa shape index (κ3) is 4.04. The molecule has 0 aromatic rings. The van der Waals surface area contributed by atoms with E-state index in [0.717, 1.165) is 5.57 Å². The molecule has 6 atom stereocenters. The van der Waals surface area contributed by atoms with Gasteiger partial charge in [0.1, 0.15) is 24.4 Å². The van der Waals surface area contributed by atoms with E-state index < -0.39 is 37.3 Å². The lowest BCUT2D eigenvalue weighted by Crippen LogP contribution is -2.59. The zero-order valence-corrected chi connectivity index (χ0v) is 14.4. The number of ether oxygens (including phenoxy) is 2.